The number of carboxylic acid groups (broad SMARTS) is 2. The highest BCUT2D eigenvalue weighted by Crippen LogP contribution is 2.03. The van der Waals surface area contributed by atoms with Gasteiger partial charge in [0.25, 0.3) is 0 Å². The van der Waals surface area contributed by atoms with E-state index in [0.717, 1.165) is 11.8 Å². The Morgan fingerprint density at radius 2 is 1.82 bits per heavy atom. The molecule has 10 nitrogen and oxygen atoms in total. The van der Waals surface area contributed by atoms with E-state index in [-0.39, 0.29) is 24.5 Å². The van der Waals surface area contributed by atoms with E-state index in [4.69, 9.17) is 21.1 Å². The van der Waals surface area contributed by atoms with Gasteiger partial charge in [0.05, 0.1) is 5.94 Å². The van der Waals surface area contributed by atoms with E-state index in [1.807, 2.05) is 0 Å². The average Bonchev–Trinajstić information content (AvgIpc) is 2.46. The van der Waals surface area contributed by atoms with Gasteiger partial charge in [-0.15, -0.1) is 11.8 Å². The number of thioether (sulfide) groups is 1. The molecule has 0 heterocycles. The third-order valence-electron chi connectivity index (χ3n) is 2.44. The zero-order chi connectivity index (χ0) is 17.1. The van der Waals surface area contributed by atoms with Crippen molar-refractivity contribution in [1.82, 2.24) is 10.6 Å². The van der Waals surface area contributed by atoms with Crippen LogP contribution in [-0.2, 0) is 19.2 Å². The maximum Gasteiger partial charge on any atom is 0.322 e. The van der Waals surface area contributed by atoms with E-state index in [9.17, 15) is 19.2 Å². The topological polar surface area (TPSA) is 179 Å². The first-order chi connectivity index (χ1) is 10.3. The number of aliphatic hydroxyl groups is 1. The van der Waals surface area contributed by atoms with Crippen molar-refractivity contribution in [3.8, 4) is 0 Å². The van der Waals surface area contributed by atoms with Crippen LogP contribution in [0.3, 0.4) is 0 Å². The summed E-state index contributed by atoms with van der Waals surface area (Å²) in [4.78, 5) is 44.3. The van der Waals surface area contributed by atoms with Crippen molar-refractivity contribution in [2.75, 3.05) is 18.2 Å². The Kier molecular flexibility index (Phi) is 9.91. The van der Waals surface area contributed by atoms with Gasteiger partial charge >= 0.3 is 11.9 Å². The van der Waals surface area contributed by atoms with Crippen molar-refractivity contribution < 1.29 is 34.5 Å². The third kappa shape index (κ3) is 9.15. The van der Waals surface area contributed by atoms with Crippen LogP contribution in [0, 0.1) is 0 Å². The van der Waals surface area contributed by atoms with Gasteiger partial charge in [-0.05, 0) is 6.42 Å². The molecular weight excluding hydrogens is 318 g/mol. The Bertz CT molecular complexity index is 418. The van der Waals surface area contributed by atoms with E-state index in [1.165, 1.54) is 0 Å². The Balaban J connectivity index is 4.43. The minimum atomic E-state index is -1.24. The van der Waals surface area contributed by atoms with Crippen LogP contribution >= 0.6 is 11.8 Å². The number of rotatable bonds is 11. The van der Waals surface area contributed by atoms with Crippen LogP contribution in [0.5, 0.6) is 0 Å². The fourth-order valence-corrected chi connectivity index (χ4v) is 1.89. The van der Waals surface area contributed by atoms with Gasteiger partial charge in [0.2, 0.25) is 11.8 Å². The van der Waals surface area contributed by atoms with Gasteiger partial charge in [-0.3, -0.25) is 19.2 Å². The van der Waals surface area contributed by atoms with Crippen molar-refractivity contribution in [1.29, 1.82) is 0 Å². The number of nitrogens with one attached hydrogen (secondary N) is 2. The number of amides is 2. The second-order valence-corrected chi connectivity index (χ2v) is 5.21. The molecule has 0 spiro atoms. The van der Waals surface area contributed by atoms with Crippen LogP contribution in [0.1, 0.15) is 12.8 Å². The van der Waals surface area contributed by atoms with Crippen molar-refractivity contribution in [3.63, 3.8) is 0 Å². The highest BCUT2D eigenvalue weighted by molar-refractivity contribution is 7.99. The van der Waals surface area contributed by atoms with Gasteiger partial charge in [0.1, 0.15) is 18.6 Å². The predicted molar refractivity (Wildman–Crippen MR) is 77.0 cm³/mol. The van der Waals surface area contributed by atoms with Crippen LogP contribution in [-0.4, -0.2) is 69.4 Å². The van der Waals surface area contributed by atoms with E-state index < -0.39 is 42.4 Å². The lowest BCUT2D eigenvalue weighted by atomic mass is 10.1. The molecule has 0 aliphatic heterocycles. The smallest absolute Gasteiger partial charge is 0.322 e. The molecule has 0 aliphatic rings. The monoisotopic (exact) mass is 337 g/mol. The molecule has 0 rings (SSSR count). The molecule has 126 valence electrons. The highest BCUT2D eigenvalue weighted by atomic mass is 32.2. The summed E-state index contributed by atoms with van der Waals surface area (Å²) in [7, 11) is 0. The summed E-state index contributed by atoms with van der Waals surface area (Å²) in [5.74, 6) is -4.01. The minimum Gasteiger partial charge on any atom is -0.480 e. The molecule has 0 unspecified atom stereocenters. The maximum absolute atomic E-state index is 11.7. The van der Waals surface area contributed by atoms with Gasteiger partial charge < -0.3 is 31.7 Å². The zero-order valence-electron chi connectivity index (χ0n) is 11.7. The first-order valence-electron chi connectivity index (χ1n) is 6.23. The van der Waals surface area contributed by atoms with Gasteiger partial charge in [-0.2, -0.15) is 0 Å². The molecule has 0 bridgehead atoms. The fraction of sp³-hybridized carbons (Fsp3) is 0.636. The number of aliphatic carboxylic acids is 2. The van der Waals surface area contributed by atoms with E-state index in [0.29, 0.717) is 0 Å². The van der Waals surface area contributed by atoms with Crippen molar-refractivity contribution in [3.05, 3.63) is 0 Å². The van der Waals surface area contributed by atoms with E-state index in [2.05, 4.69) is 10.6 Å². The molecule has 0 radical (unpaired) electrons. The Morgan fingerprint density at radius 1 is 1.18 bits per heavy atom. The van der Waals surface area contributed by atoms with E-state index >= 15 is 0 Å². The molecule has 0 aromatic rings. The first kappa shape index (κ1) is 20.1. The zero-order valence-corrected chi connectivity index (χ0v) is 12.5. The molecule has 2 atom stereocenters. The number of hydrogen-bond donors (Lipinski definition) is 6. The summed E-state index contributed by atoms with van der Waals surface area (Å²) in [6, 6.07) is -2.22. The predicted octanol–water partition coefficient (Wildman–Crippen LogP) is -2.45. The number of carboxylic acids is 2. The summed E-state index contributed by atoms with van der Waals surface area (Å²) < 4.78 is 0. The fourth-order valence-electron chi connectivity index (χ4n) is 1.32. The molecule has 0 saturated carbocycles. The van der Waals surface area contributed by atoms with Crippen LogP contribution in [0.4, 0.5) is 0 Å². The Hall–Kier alpha value is -1.85. The summed E-state index contributed by atoms with van der Waals surface area (Å²) in [5, 5.41) is 30.3. The number of nitrogens with two attached hydrogens (primary N) is 1. The molecule has 0 aromatic carbocycles. The molecule has 7 N–H and O–H groups in total. The lowest BCUT2D eigenvalue weighted by Crippen LogP contribution is -2.49. The second-order valence-electron chi connectivity index (χ2n) is 4.21. The van der Waals surface area contributed by atoms with Gasteiger partial charge in [0.15, 0.2) is 0 Å². The molecular formula is C11H19N3O7S. The lowest BCUT2D eigenvalue weighted by molar-refractivity contribution is -0.139. The average molecular weight is 337 g/mol. The summed E-state index contributed by atoms with van der Waals surface area (Å²) in [5.41, 5.74) is 5.26. The summed E-state index contributed by atoms with van der Waals surface area (Å²) >= 11 is 0.964. The first-order valence-corrected chi connectivity index (χ1v) is 7.39. The largest absolute Gasteiger partial charge is 0.480 e. The standard InChI is InChI=1S/C11H19N3O7S/c12-6(11(20)21)1-2-8(16)14-7(4-22-5-15)10(19)13-3-9(17)18/h6-7,15H,1-5,12H2,(H,13,19)(H,14,16)(H,17,18)(H,20,21)/t6-,7-/m0/s1. The molecule has 0 saturated heterocycles. The summed E-state index contributed by atoms with van der Waals surface area (Å²) in [6.45, 7) is -0.598. The number of hydrogen-bond acceptors (Lipinski definition) is 7. The number of carbonyl (C=O) groups excluding carboxylic acids is 2. The number of aliphatic hydroxyl groups excluding tert-OH is 1. The highest BCUT2D eigenvalue weighted by Gasteiger charge is 2.22. The molecule has 22 heavy (non-hydrogen) atoms. The molecule has 0 fully saturated rings. The Labute approximate surface area is 130 Å². The van der Waals surface area contributed by atoms with Crippen LogP contribution in [0.2, 0.25) is 0 Å². The van der Waals surface area contributed by atoms with Crippen LogP contribution in [0.25, 0.3) is 0 Å². The lowest BCUT2D eigenvalue weighted by Gasteiger charge is -2.17. The van der Waals surface area contributed by atoms with Crippen molar-refractivity contribution in [2.24, 2.45) is 5.73 Å². The Morgan fingerprint density at radius 3 is 2.32 bits per heavy atom. The van der Waals surface area contributed by atoms with Crippen molar-refractivity contribution >= 4 is 35.5 Å². The minimum absolute atomic E-state index is 0.0404. The summed E-state index contributed by atoms with van der Waals surface area (Å²) in [6.07, 6.45) is -0.294. The molecule has 11 heteroatoms. The molecule has 0 aromatic heterocycles. The SMILES string of the molecule is N[C@@H](CCC(=O)N[C@@H](CSCO)C(=O)NCC(=O)O)C(=O)O. The maximum atomic E-state index is 11.7. The third-order valence-corrected chi connectivity index (χ3v) is 3.19. The van der Waals surface area contributed by atoms with Crippen LogP contribution < -0.4 is 16.4 Å². The molecule has 2 amide bonds. The quantitative estimate of drug-likeness (QED) is 0.223. The van der Waals surface area contributed by atoms with Gasteiger partial charge in [-0.25, -0.2) is 0 Å². The van der Waals surface area contributed by atoms with Gasteiger partial charge in [0, 0.05) is 12.2 Å². The van der Waals surface area contributed by atoms with Crippen molar-refractivity contribution in [2.45, 2.75) is 24.9 Å². The molecule has 0 aliphatic carbocycles. The normalized spacial score (nSPS) is 13.0. The number of carbonyl (C=O) groups is 4. The second kappa shape index (κ2) is 10.8. The van der Waals surface area contributed by atoms with Crippen LogP contribution in [0.15, 0.2) is 0 Å². The van der Waals surface area contributed by atoms with Gasteiger partial charge in [-0.1, -0.05) is 0 Å². The van der Waals surface area contributed by atoms with E-state index in [1.54, 1.807) is 0 Å².